The van der Waals surface area contributed by atoms with Crippen LogP contribution in [0.5, 0.6) is 5.75 Å². The Morgan fingerprint density at radius 3 is 2.42 bits per heavy atom. The van der Waals surface area contributed by atoms with Crippen molar-refractivity contribution in [2.75, 3.05) is 18.1 Å². The topological polar surface area (TPSA) is 94.2 Å². The molecule has 0 spiro atoms. The van der Waals surface area contributed by atoms with Gasteiger partial charge in [0.15, 0.2) is 16.6 Å². The van der Waals surface area contributed by atoms with E-state index < -0.39 is 35.3 Å². The summed E-state index contributed by atoms with van der Waals surface area (Å²) in [5.74, 6) is -2.90. The van der Waals surface area contributed by atoms with E-state index in [4.69, 9.17) is 17.3 Å². The van der Waals surface area contributed by atoms with E-state index in [1.165, 1.54) is 13.1 Å². The molecule has 0 atom stereocenters. The molecule has 8 nitrogen and oxygen atoms in total. The molecule has 12 heteroatoms. The monoisotopic (exact) mass is 393 g/mol. The van der Waals surface area contributed by atoms with Crippen molar-refractivity contribution in [1.82, 2.24) is 14.7 Å². The number of aliphatic carboxylic acids is 1. The lowest BCUT2D eigenvalue weighted by molar-refractivity contribution is -0.145. The van der Waals surface area contributed by atoms with Crippen molar-refractivity contribution in [1.29, 1.82) is 0 Å². The molecule has 0 aliphatic carbocycles. The zero-order valence-electron chi connectivity index (χ0n) is 14.1. The van der Waals surface area contributed by atoms with E-state index in [1.54, 1.807) is 4.90 Å². The van der Waals surface area contributed by atoms with E-state index in [1.807, 2.05) is 0 Å². The number of rotatable bonds is 3. The number of likely N-dealkylation sites (tertiary alicyclic amines) is 1. The Balaban J connectivity index is 2.30. The fourth-order valence-electron chi connectivity index (χ4n) is 2.72. The number of hydrazone groups is 1. The Morgan fingerprint density at radius 1 is 1.42 bits per heavy atom. The van der Waals surface area contributed by atoms with E-state index in [0.717, 1.165) is 12.1 Å². The number of piperidine rings is 1. The Bertz CT molecular complexity index is 726. The van der Waals surface area contributed by atoms with Gasteiger partial charge in [-0.15, -0.1) is 5.10 Å². The van der Waals surface area contributed by atoms with Crippen molar-refractivity contribution in [2.45, 2.75) is 25.9 Å². The summed E-state index contributed by atoms with van der Waals surface area (Å²) in [6.07, 6.45) is -2.80. The van der Waals surface area contributed by atoms with Crippen LogP contribution in [0.1, 0.15) is 25.5 Å². The minimum absolute atomic E-state index is 0.0362. The van der Waals surface area contributed by atoms with Crippen LogP contribution in [0.15, 0.2) is 5.10 Å². The van der Waals surface area contributed by atoms with Gasteiger partial charge in [-0.05, 0) is 32.0 Å². The van der Waals surface area contributed by atoms with Crippen LogP contribution in [0.3, 0.4) is 0 Å². The zero-order valence-corrected chi connectivity index (χ0v) is 14.9. The predicted molar refractivity (Wildman–Crippen MR) is 91.1 cm³/mol. The van der Waals surface area contributed by atoms with Crippen LogP contribution in [-0.4, -0.2) is 55.3 Å². The fourth-order valence-corrected chi connectivity index (χ4v) is 3.04. The average molecular weight is 393 g/mol. The molecule has 0 aromatic carbocycles. The Labute approximate surface area is 152 Å². The number of halogens is 3. The van der Waals surface area contributed by atoms with Gasteiger partial charge in [-0.1, -0.05) is 0 Å². The number of anilines is 1. The summed E-state index contributed by atoms with van der Waals surface area (Å²) >= 11 is 5.30. The number of carbonyl (C=O) groups is 1. The Kier molecular flexibility index (Phi) is 5.74. The second kappa shape index (κ2) is 7.48. The summed E-state index contributed by atoms with van der Waals surface area (Å²) in [6.45, 7) is 2.16. The SMILES string of the molecule is CC=NN(C(=S)N1CCC(C(=O)O)CC1)c1nn(C)c(C(F)(F)F)c1O. The van der Waals surface area contributed by atoms with E-state index in [-0.39, 0.29) is 5.11 Å². The van der Waals surface area contributed by atoms with E-state index in [0.29, 0.717) is 30.6 Å². The molecule has 144 valence electrons. The second-order valence-corrected chi connectivity index (χ2v) is 6.07. The summed E-state index contributed by atoms with van der Waals surface area (Å²) in [6, 6.07) is 0. The maximum absolute atomic E-state index is 13.1. The van der Waals surface area contributed by atoms with Crippen LogP contribution in [0.2, 0.25) is 0 Å². The summed E-state index contributed by atoms with van der Waals surface area (Å²) < 4.78 is 39.7. The Morgan fingerprint density at radius 2 is 2.00 bits per heavy atom. The van der Waals surface area contributed by atoms with Crippen LogP contribution in [0, 0.1) is 5.92 Å². The maximum atomic E-state index is 13.1. The standard InChI is InChI=1S/C14H18F3N5O3S/c1-3-18-22(11-9(23)10(14(15,16)17)20(2)19-11)13(26)21-6-4-8(5-7-21)12(24)25/h3,8,23H,4-7H2,1-2H3,(H,24,25). The number of carboxylic acid groups (broad SMARTS) is 1. The number of carboxylic acids is 1. The van der Waals surface area contributed by atoms with Crippen LogP contribution < -0.4 is 5.01 Å². The number of aromatic hydroxyl groups is 1. The molecule has 1 saturated heterocycles. The molecule has 0 amide bonds. The van der Waals surface area contributed by atoms with Crippen molar-refractivity contribution in [3.05, 3.63) is 5.69 Å². The highest BCUT2D eigenvalue weighted by molar-refractivity contribution is 7.80. The summed E-state index contributed by atoms with van der Waals surface area (Å²) in [7, 11) is 1.06. The van der Waals surface area contributed by atoms with Gasteiger partial charge < -0.3 is 15.1 Å². The first-order valence-electron chi connectivity index (χ1n) is 7.71. The number of alkyl halides is 3. The highest BCUT2D eigenvalue weighted by Crippen LogP contribution is 2.41. The summed E-state index contributed by atoms with van der Waals surface area (Å²) in [4.78, 5) is 12.7. The molecular weight excluding hydrogens is 375 g/mol. The highest BCUT2D eigenvalue weighted by Gasteiger charge is 2.41. The third-order valence-corrected chi connectivity index (χ3v) is 4.43. The van der Waals surface area contributed by atoms with Gasteiger partial charge in [-0.25, -0.2) is 0 Å². The minimum atomic E-state index is -4.80. The lowest BCUT2D eigenvalue weighted by atomic mass is 9.97. The van der Waals surface area contributed by atoms with Gasteiger partial charge in [0, 0.05) is 26.4 Å². The van der Waals surface area contributed by atoms with Crippen LogP contribution in [-0.2, 0) is 18.0 Å². The number of thiocarbonyl (C=S) groups is 1. The van der Waals surface area contributed by atoms with Gasteiger partial charge in [-0.2, -0.15) is 23.3 Å². The van der Waals surface area contributed by atoms with Crippen LogP contribution in [0.4, 0.5) is 19.0 Å². The first-order valence-corrected chi connectivity index (χ1v) is 8.12. The molecule has 0 bridgehead atoms. The summed E-state index contributed by atoms with van der Waals surface area (Å²) in [5.41, 5.74) is -1.31. The molecule has 1 aliphatic heterocycles. The van der Waals surface area contributed by atoms with Gasteiger partial charge in [-0.3, -0.25) is 9.48 Å². The normalized spacial score (nSPS) is 16.3. The number of hydrogen-bond donors (Lipinski definition) is 2. The lowest BCUT2D eigenvalue weighted by Gasteiger charge is -2.34. The van der Waals surface area contributed by atoms with E-state index >= 15 is 0 Å². The number of aromatic nitrogens is 2. The van der Waals surface area contributed by atoms with E-state index in [2.05, 4.69) is 10.2 Å². The van der Waals surface area contributed by atoms with Crippen molar-refractivity contribution >= 4 is 35.3 Å². The number of hydrogen-bond acceptors (Lipinski definition) is 5. The molecule has 2 rings (SSSR count). The molecule has 26 heavy (non-hydrogen) atoms. The molecule has 2 N–H and O–H groups in total. The van der Waals surface area contributed by atoms with Crippen molar-refractivity contribution in [2.24, 2.45) is 18.1 Å². The van der Waals surface area contributed by atoms with Gasteiger partial charge in [0.25, 0.3) is 0 Å². The second-order valence-electron chi connectivity index (χ2n) is 5.71. The van der Waals surface area contributed by atoms with Gasteiger partial charge in [0.05, 0.1) is 5.92 Å². The highest BCUT2D eigenvalue weighted by atomic mass is 32.1. The van der Waals surface area contributed by atoms with Crippen LogP contribution in [0.25, 0.3) is 0 Å². The Hall–Kier alpha value is -2.37. The lowest BCUT2D eigenvalue weighted by Crippen LogP contribution is -2.46. The summed E-state index contributed by atoms with van der Waals surface area (Å²) in [5, 5.41) is 27.7. The average Bonchev–Trinajstić information content (AvgIpc) is 2.86. The van der Waals surface area contributed by atoms with Crippen molar-refractivity contribution < 1.29 is 28.2 Å². The fraction of sp³-hybridized carbons (Fsp3) is 0.571. The molecule has 2 heterocycles. The third-order valence-electron chi connectivity index (χ3n) is 4.00. The quantitative estimate of drug-likeness (QED) is 0.461. The molecule has 1 aliphatic rings. The van der Waals surface area contributed by atoms with Gasteiger partial charge in [0.2, 0.25) is 5.82 Å². The number of nitrogens with zero attached hydrogens (tertiary/aromatic N) is 5. The van der Waals surface area contributed by atoms with E-state index in [9.17, 15) is 23.1 Å². The smallest absolute Gasteiger partial charge is 0.436 e. The first kappa shape index (κ1) is 19.9. The van der Waals surface area contributed by atoms with Crippen LogP contribution >= 0.6 is 12.2 Å². The minimum Gasteiger partial charge on any atom is -0.503 e. The molecule has 1 aromatic heterocycles. The molecule has 1 aromatic rings. The molecule has 0 unspecified atom stereocenters. The number of aryl methyl sites for hydroxylation is 1. The largest absolute Gasteiger partial charge is 0.503 e. The maximum Gasteiger partial charge on any atom is 0.436 e. The molecule has 1 fully saturated rings. The molecular formula is C14H18F3N5O3S. The third kappa shape index (κ3) is 3.89. The van der Waals surface area contributed by atoms with Crippen molar-refractivity contribution in [3.63, 3.8) is 0 Å². The van der Waals surface area contributed by atoms with Gasteiger partial charge in [0.1, 0.15) is 0 Å². The van der Waals surface area contributed by atoms with Crippen molar-refractivity contribution in [3.8, 4) is 5.75 Å². The zero-order chi connectivity index (χ0) is 19.6. The predicted octanol–water partition coefficient (Wildman–Crippen LogP) is 2.04. The molecule has 0 saturated carbocycles. The first-order chi connectivity index (χ1) is 12.1. The molecule has 0 radical (unpaired) electrons. The van der Waals surface area contributed by atoms with Gasteiger partial charge >= 0.3 is 12.1 Å².